The van der Waals surface area contributed by atoms with Crippen LogP contribution in [0.3, 0.4) is 0 Å². The van der Waals surface area contributed by atoms with E-state index in [1.165, 1.54) is 29.1 Å². The van der Waals surface area contributed by atoms with Crippen LogP contribution in [0.15, 0.2) is 41.5 Å². The van der Waals surface area contributed by atoms with Crippen LogP contribution < -0.4 is 10.3 Å². The molecule has 0 radical (unpaired) electrons. The Labute approximate surface area is 112 Å². The van der Waals surface area contributed by atoms with E-state index >= 15 is 0 Å². The van der Waals surface area contributed by atoms with Crippen LogP contribution in [0.2, 0.25) is 0 Å². The van der Waals surface area contributed by atoms with Crippen LogP contribution in [-0.2, 0) is 12.7 Å². The minimum absolute atomic E-state index is 0.0849. The van der Waals surface area contributed by atoms with Gasteiger partial charge in [0.2, 0.25) is 0 Å². The number of hydrogen-bond donors (Lipinski definition) is 0. The minimum Gasteiger partial charge on any atom is -0.435 e. The maximum atomic E-state index is 12.6. The van der Waals surface area contributed by atoms with Gasteiger partial charge in [-0.25, -0.2) is 4.98 Å². The third kappa shape index (κ3) is 2.98. The zero-order valence-corrected chi connectivity index (χ0v) is 10.5. The SMILES string of the molecule is CCn1ccnc(Oc2cccc(C(F)(F)F)c2)c1=O. The number of benzene rings is 1. The molecule has 2 rings (SSSR count). The molecule has 0 saturated carbocycles. The molecular formula is C13H11F3N2O2. The number of aryl methyl sites for hydroxylation is 1. The van der Waals surface area contributed by atoms with Gasteiger partial charge in [0.25, 0.3) is 5.88 Å². The van der Waals surface area contributed by atoms with E-state index in [-0.39, 0.29) is 11.6 Å². The molecule has 4 nitrogen and oxygen atoms in total. The lowest BCUT2D eigenvalue weighted by atomic mass is 10.2. The molecule has 20 heavy (non-hydrogen) atoms. The summed E-state index contributed by atoms with van der Waals surface area (Å²) in [6.45, 7) is 2.18. The van der Waals surface area contributed by atoms with Crippen LogP contribution in [0.1, 0.15) is 12.5 Å². The highest BCUT2D eigenvalue weighted by molar-refractivity contribution is 5.32. The number of rotatable bonds is 3. The molecule has 0 bridgehead atoms. The predicted molar refractivity (Wildman–Crippen MR) is 65.7 cm³/mol. The van der Waals surface area contributed by atoms with Gasteiger partial charge in [-0.2, -0.15) is 13.2 Å². The fourth-order valence-corrected chi connectivity index (χ4v) is 1.59. The number of nitrogens with zero attached hydrogens (tertiary/aromatic N) is 2. The zero-order valence-electron chi connectivity index (χ0n) is 10.5. The second kappa shape index (κ2) is 5.36. The molecule has 0 aliphatic heterocycles. The van der Waals surface area contributed by atoms with Gasteiger partial charge in [-0.15, -0.1) is 0 Å². The fraction of sp³-hybridized carbons (Fsp3) is 0.231. The van der Waals surface area contributed by atoms with Gasteiger partial charge < -0.3 is 9.30 Å². The number of ether oxygens (including phenoxy) is 1. The van der Waals surface area contributed by atoms with Crippen LogP contribution >= 0.6 is 0 Å². The summed E-state index contributed by atoms with van der Waals surface area (Å²) in [4.78, 5) is 15.6. The molecule has 0 fully saturated rings. The average Bonchev–Trinajstić information content (AvgIpc) is 2.40. The van der Waals surface area contributed by atoms with Crippen molar-refractivity contribution in [3.8, 4) is 11.6 Å². The van der Waals surface area contributed by atoms with Gasteiger partial charge in [0.1, 0.15) is 5.75 Å². The largest absolute Gasteiger partial charge is 0.435 e. The number of hydrogen-bond acceptors (Lipinski definition) is 3. The first-order valence-electron chi connectivity index (χ1n) is 5.82. The molecule has 0 N–H and O–H groups in total. The third-order valence-corrected chi connectivity index (χ3v) is 2.60. The van der Waals surface area contributed by atoms with Crippen LogP contribution in [0, 0.1) is 0 Å². The van der Waals surface area contributed by atoms with Crippen LogP contribution in [0.4, 0.5) is 13.2 Å². The lowest BCUT2D eigenvalue weighted by molar-refractivity contribution is -0.137. The highest BCUT2D eigenvalue weighted by Crippen LogP contribution is 2.31. The summed E-state index contributed by atoms with van der Waals surface area (Å²) in [6.07, 6.45) is -1.64. The van der Waals surface area contributed by atoms with Gasteiger partial charge in [0, 0.05) is 18.9 Å². The Morgan fingerprint density at radius 2 is 2.10 bits per heavy atom. The Kier molecular flexibility index (Phi) is 3.78. The standard InChI is InChI=1S/C13H11F3N2O2/c1-2-18-7-6-17-11(12(18)19)20-10-5-3-4-9(8-10)13(14,15)16/h3-8H,2H2,1H3. The Balaban J connectivity index is 2.34. The quantitative estimate of drug-likeness (QED) is 0.870. The van der Waals surface area contributed by atoms with Gasteiger partial charge in [-0.05, 0) is 25.1 Å². The molecule has 0 aliphatic carbocycles. The Bertz CT molecular complexity index is 665. The molecule has 0 unspecified atom stereocenters. The summed E-state index contributed by atoms with van der Waals surface area (Å²) < 4.78 is 44.2. The molecule has 0 atom stereocenters. The van der Waals surface area contributed by atoms with E-state index in [1.807, 2.05) is 0 Å². The van der Waals surface area contributed by atoms with Crippen molar-refractivity contribution in [3.05, 3.63) is 52.6 Å². The average molecular weight is 284 g/mol. The molecule has 106 valence electrons. The normalized spacial score (nSPS) is 11.4. The summed E-state index contributed by atoms with van der Waals surface area (Å²) >= 11 is 0. The highest BCUT2D eigenvalue weighted by atomic mass is 19.4. The minimum atomic E-state index is -4.47. The van der Waals surface area contributed by atoms with Crippen molar-refractivity contribution in [2.24, 2.45) is 0 Å². The maximum Gasteiger partial charge on any atom is 0.416 e. The predicted octanol–water partition coefficient (Wildman–Crippen LogP) is 3.07. The Hall–Kier alpha value is -2.31. The maximum absolute atomic E-state index is 12.6. The topological polar surface area (TPSA) is 44.1 Å². The summed E-state index contributed by atoms with van der Waals surface area (Å²) in [5.74, 6) is -0.341. The summed E-state index contributed by atoms with van der Waals surface area (Å²) in [6, 6.07) is 4.29. The Morgan fingerprint density at radius 3 is 2.75 bits per heavy atom. The van der Waals surface area contributed by atoms with E-state index in [4.69, 9.17) is 4.74 Å². The van der Waals surface area contributed by atoms with Crippen LogP contribution in [-0.4, -0.2) is 9.55 Å². The smallest absolute Gasteiger partial charge is 0.416 e. The number of halogens is 3. The number of aromatic nitrogens is 2. The van der Waals surface area contributed by atoms with Gasteiger partial charge >= 0.3 is 11.7 Å². The molecule has 1 heterocycles. The van der Waals surface area contributed by atoms with E-state index in [0.29, 0.717) is 6.54 Å². The van der Waals surface area contributed by atoms with Crippen molar-refractivity contribution in [2.45, 2.75) is 19.6 Å². The second-order valence-corrected chi connectivity index (χ2v) is 3.95. The van der Waals surface area contributed by atoms with Crippen LogP contribution in [0.5, 0.6) is 11.6 Å². The third-order valence-electron chi connectivity index (χ3n) is 2.60. The van der Waals surface area contributed by atoms with Gasteiger partial charge in [-0.3, -0.25) is 4.79 Å². The van der Waals surface area contributed by atoms with E-state index in [1.54, 1.807) is 6.92 Å². The Morgan fingerprint density at radius 1 is 1.35 bits per heavy atom. The molecule has 0 spiro atoms. The molecule has 2 aromatic rings. The molecule has 0 aliphatic rings. The van der Waals surface area contributed by atoms with Crippen molar-refractivity contribution >= 4 is 0 Å². The molecule has 1 aromatic heterocycles. The highest BCUT2D eigenvalue weighted by Gasteiger charge is 2.30. The van der Waals surface area contributed by atoms with Gasteiger partial charge in [0.05, 0.1) is 5.56 Å². The van der Waals surface area contributed by atoms with E-state index in [0.717, 1.165) is 12.1 Å². The molecule has 7 heteroatoms. The van der Waals surface area contributed by atoms with E-state index in [9.17, 15) is 18.0 Å². The molecular weight excluding hydrogens is 273 g/mol. The second-order valence-electron chi connectivity index (χ2n) is 3.95. The van der Waals surface area contributed by atoms with Crippen molar-refractivity contribution in [2.75, 3.05) is 0 Å². The van der Waals surface area contributed by atoms with E-state index in [2.05, 4.69) is 4.98 Å². The fourth-order valence-electron chi connectivity index (χ4n) is 1.59. The monoisotopic (exact) mass is 284 g/mol. The lowest BCUT2D eigenvalue weighted by Gasteiger charge is -2.09. The zero-order chi connectivity index (χ0) is 14.8. The molecule has 0 saturated heterocycles. The lowest BCUT2D eigenvalue weighted by Crippen LogP contribution is -2.20. The van der Waals surface area contributed by atoms with E-state index < -0.39 is 17.3 Å². The first kappa shape index (κ1) is 14.1. The van der Waals surface area contributed by atoms with Crippen LogP contribution in [0.25, 0.3) is 0 Å². The number of alkyl halides is 3. The molecule has 0 amide bonds. The molecule has 1 aromatic carbocycles. The summed E-state index contributed by atoms with van der Waals surface area (Å²) in [5.41, 5.74) is -1.34. The van der Waals surface area contributed by atoms with Gasteiger partial charge in [0.15, 0.2) is 0 Å². The van der Waals surface area contributed by atoms with Crippen molar-refractivity contribution in [3.63, 3.8) is 0 Å². The van der Waals surface area contributed by atoms with Crippen molar-refractivity contribution < 1.29 is 17.9 Å². The first-order valence-corrected chi connectivity index (χ1v) is 5.82. The first-order chi connectivity index (χ1) is 9.41. The summed E-state index contributed by atoms with van der Waals surface area (Å²) in [7, 11) is 0. The van der Waals surface area contributed by atoms with Crippen molar-refractivity contribution in [1.82, 2.24) is 9.55 Å². The summed E-state index contributed by atoms with van der Waals surface area (Å²) in [5, 5.41) is 0. The van der Waals surface area contributed by atoms with Crippen molar-refractivity contribution in [1.29, 1.82) is 0 Å². The van der Waals surface area contributed by atoms with Gasteiger partial charge in [-0.1, -0.05) is 6.07 Å².